The number of nitrogens with one attached hydrogen (secondary N) is 1. The van der Waals surface area contributed by atoms with Gasteiger partial charge in [-0.2, -0.15) is 4.31 Å². The number of sulfonamides is 1. The summed E-state index contributed by atoms with van der Waals surface area (Å²) < 4.78 is 27.5. The van der Waals surface area contributed by atoms with E-state index >= 15 is 0 Å². The Balaban J connectivity index is 2.42. The number of hydrogen-bond acceptors (Lipinski definition) is 3. The number of nitrogens with zero attached hydrogens (tertiary/aromatic N) is 1. The van der Waals surface area contributed by atoms with Crippen LogP contribution in [-0.2, 0) is 23.0 Å². The van der Waals surface area contributed by atoms with Crippen molar-refractivity contribution in [2.75, 3.05) is 20.1 Å². The van der Waals surface area contributed by atoms with E-state index in [9.17, 15) is 8.42 Å². The number of rotatable bonds is 5. The second-order valence-corrected chi connectivity index (χ2v) is 7.41. The zero-order valence-corrected chi connectivity index (χ0v) is 13.8. The van der Waals surface area contributed by atoms with Gasteiger partial charge < -0.3 is 5.32 Å². The second kappa shape index (κ2) is 6.73. The first-order chi connectivity index (χ1) is 9.98. The summed E-state index contributed by atoms with van der Waals surface area (Å²) in [4.78, 5) is 0.465. The van der Waals surface area contributed by atoms with E-state index in [1.807, 2.05) is 39.1 Å². The summed E-state index contributed by atoms with van der Waals surface area (Å²) in [6.45, 7) is 5.72. The molecule has 0 saturated carbocycles. The van der Waals surface area contributed by atoms with Crippen molar-refractivity contribution in [3.63, 3.8) is 0 Å². The number of benzene rings is 1. The van der Waals surface area contributed by atoms with Crippen molar-refractivity contribution in [2.24, 2.45) is 0 Å². The van der Waals surface area contributed by atoms with Crippen LogP contribution in [0.3, 0.4) is 0 Å². The van der Waals surface area contributed by atoms with Gasteiger partial charge in [0.1, 0.15) is 0 Å². The van der Waals surface area contributed by atoms with Gasteiger partial charge in [-0.15, -0.1) is 0 Å². The number of hydrogen-bond donors (Lipinski definition) is 1. The molecule has 0 bridgehead atoms. The summed E-state index contributed by atoms with van der Waals surface area (Å²) in [7, 11) is -1.55. The van der Waals surface area contributed by atoms with Crippen LogP contribution < -0.4 is 5.32 Å². The quantitative estimate of drug-likeness (QED) is 0.849. The van der Waals surface area contributed by atoms with Crippen LogP contribution in [0.2, 0.25) is 0 Å². The Bertz CT molecular complexity index is 636. The van der Waals surface area contributed by atoms with Crippen LogP contribution in [0.25, 0.3) is 0 Å². The van der Waals surface area contributed by atoms with E-state index in [4.69, 9.17) is 0 Å². The standard InChI is InChI=1S/C16H24N2O2S/c1-4-15-8-7-14(11-17-3)10-16(15)21(19,20)18-9-5-6-13(2)12-18/h6-8,10,17H,4-5,9,11-12H2,1-3H3. The largest absolute Gasteiger partial charge is 0.316 e. The number of aryl methyl sites for hydroxylation is 1. The van der Waals surface area contributed by atoms with Crippen LogP contribution in [0.1, 0.15) is 31.4 Å². The van der Waals surface area contributed by atoms with Gasteiger partial charge in [0.05, 0.1) is 4.90 Å². The molecule has 2 rings (SSSR count). The van der Waals surface area contributed by atoms with Crippen LogP contribution in [0.4, 0.5) is 0 Å². The van der Waals surface area contributed by atoms with Gasteiger partial charge in [-0.3, -0.25) is 0 Å². The maximum absolute atomic E-state index is 12.9. The molecule has 4 nitrogen and oxygen atoms in total. The Hall–Kier alpha value is -1.17. The average Bonchev–Trinajstić information content (AvgIpc) is 2.47. The fourth-order valence-electron chi connectivity index (χ4n) is 2.67. The van der Waals surface area contributed by atoms with Crippen LogP contribution in [0.5, 0.6) is 0 Å². The maximum atomic E-state index is 12.9. The van der Waals surface area contributed by atoms with E-state index in [1.54, 1.807) is 4.31 Å². The molecule has 5 heteroatoms. The Kier molecular flexibility index (Phi) is 5.19. The van der Waals surface area contributed by atoms with E-state index in [0.717, 1.165) is 29.5 Å². The van der Waals surface area contributed by atoms with E-state index in [2.05, 4.69) is 11.4 Å². The highest BCUT2D eigenvalue weighted by molar-refractivity contribution is 7.89. The highest BCUT2D eigenvalue weighted by atomic mass is 32.2. The molecule has 0 atom stereocenters. The predicted molar refractivity (Wildman–Crippen MR) is 85.7 cm³/mol. The monoisotopic (exact) mass is 308 g/mol. The highest BCUT2D eigenvalue weighted by Crippen LogP contribution is 2.25. The molecule has 1 N–H and O–H groups in total. The molecule has 0 aliphatic carbocycles. The predicted octanol–water partition coefficient (Wildman–Crippen LogP) is 2.31. The topological polar surface area (TPSA) is 49.4 Å². The molecule has 1 aromatic carbocycles. The Morgan fingerprint density at radius 1 is 1.33 bits per heavy atom. The lowest BCUT2D eigenvalue weighted by Crippen LogP contribution is -2.36. The van der Waals surface area contributed by atoms with E-state index in [0.29, 0.717) is 24.5 Å². The molecule has 0 amide bonds. The normalized spacial score (nSPS) is 16.8. The lowest BCUT2D eigenvalue weighted by molar-refractivity contribution is 0.427. The van der Waals surface area contributed by atoms with Crippen molar-refractivity contribution < 1.29 is 8.42 Å². The molecule has 0 spiro atoms. The van der Waals surface area contributed by atoms with Gasteiger partial charge in [-0.05, 0) is 44.0 Å². The molecule has 0 fully saturated rings. The fourth-order valence-corrected chi connectivity index (χ4v) is 4.51. The minimum absolute atomic E-state index is 0.465. The molecule has 116 valence electrons. The van der Waals surface area contributed by atoms with Crippen molar-refractivity contribution in [2.45, 2.75) is 38.1 Å². The van der Waals surface area contributed by atoms with Crippen molar-refractivity contribution >= 4 is 10.0 Å². The molecule has 0 aromatic heterocycles. The minimum Gasteiger partial charge on any atom is -0.316 e. The molecule has 0 saturated heterocycles. The molecular weight excluding hydrogens is 284 g/mol. The van der Waals surface area contributed by atoms with Crippen molar-refractivity contribution in [3.05, 3.63) is 41.0 Å². The molecule has 1 heterocycles. The van der Waals surface area contributed by atoms with Gasteiger partial charge >= 0.3 is 0 Å². The second-order valence-electron chi connectivity index (χ2n) is 5.50. The van der Waals surface area contributed by atoms with Gasteiger partial charge in [0, 0.05) is 19.6 Å². The van der Waals surface area contributed by atoms with Crippen LogP contribution in [0.15, 0.2) is 34.7 Å². The minimum atomic E-state index is -3.41. The maximum Gasteiger partial charge on any atom is 0.243 e. The molecule has 1 aliphatic rings. The van der Waals surface area contributed by atoms with Gasteiger partial charge in [0.25, 0.3) is 0 Å². The Morgan fingerprint density at radius 3 is 2.71 bits per heavy atom. The first-order valence-electron chi connectivity index (χ1n) is 7.41. The SMILES string of the molecule is CCc1ccc(CNC)cc1S(=O)(=O)N1CCC=C(C)C1. The smallest absolute Gasteiger partial charge is 0.243 e. The molecule has 0 radical (unpaired) electrons. The average molecular weight is 308 g/mol. The molecule has 1 aromatic rings. The molecule has 21 heavy (non-hydrogen) atoms. The summed E-state index contributed by atoms with van der Waals surface area (Å²) in [5.74, 6) is 0. The van der Waals surface area contributed by atoms with Crippen LogP contribution >= 0.6 is 0 Å². The van der Waals surface area contributed by atoms with E-state index in [-0.39, 0.29) is 0 Å². The summed E-state index contributed by atoms with van der Waals surface area (Å²) in [5.41, 5.74) is 3.01. The summed E-state index contributed by atoms with van der Waals surface area (Å²) in [6.07, 6.45) is 3.63. The zero-order valence-electron chi connectivity index (χ0n) is 13.0. The molecular formula is C16H24N2O2S. The van der Waals surface area contributed by atoms with Crippen molar-refractivity contribution in [1.82, 2.24) is 9.62 Å². The third kappa shape index (κ3) is 3.54. The zero-order chi connectivity index (χ0) is 15.5. The van der Waals surface area contributed by atoms with E-state index < -0.39 is 10.0 Å². The fraction of sp³-hybridized carbons (Fsp3) is 0.500. The molecule has 1 aliphatic heterocycles. The van der Waals surface area contributed by atoms with Gasteiger partial charge in [-0.1, -0.05) is 30.7 Å². The Labute approximate surface area is 127 Å². The van der Waals surface area contributed by atoms with Gasteiger partial charge in [-0.25, -0.2) is 8.42 Å². The lowest BCUT2D eigenvalue weighted by Gasteiger charge is -2.26. The first-order valence-corrected chi connectivity index (χ1v) is 8.85. The Morgan fingerprint density at radius 2 is 2.10 bits per heavy atom. The van der Waals surface area contributed by atoms with Gasteiger partial charge in [0.2, 0.25) is 10.0 Å². The van der Waals surface area contributed by atoms with E-state index in [1.165, 1.54) is 0 Å². The van der Waals surface area contributed by atoms with Crippen molar-refractivity contribution in [3.8, 4) is 0 Å². The lowest BCUT2D eigenvalue weighted by atomic mass is 10.1. The third-order valence-electron chi connectivity index (χ3n) is 3.81. The first kappa shape index (κ1) is 16.2. The van der Waals surface area contributed by atoms with Crippen LogP contribution in [0, 0.1) is 0 Å². The summed E-state index contributed by atoms with van der Waals surface area (Å²) in [6, 6.07) is 5.75. The summed E-state index contributed by atoms with van der Waals surface area (Å²) in [5, 5.41) is 3.07. The third-order valence-corrected chi connectivity index (χ3v) is 5.74. The van der Waals surface area contributed by atoms with Gasteiger partial charge in [0.15, 0.2) is 0 Å². The highest BCUT2D eigenvalue weighted by Gasteiger charge is 2.28. The molecule has 0 unspecified atom stereocenters. The summed E-state index contributed by atoms with van der Waals surface area (Å²) >= 11 is 0. The van der Waals surface area contributed by atoms with Crippen molar-refractivity contribution in [1.29, 1.82) is 0 Å². The van der Waals surface area contributed by atoms with Crippen LogP contribution in [-0.4, -0.2) is 32.9 Å².